The molecule has 1 saturated heterocycles. The highest BCUT2D eigenvalue weighted by molar-refractivity contribution is 5.99. The van der Waals surface area contributed by atoms with Gasteiger partial charge in [-0.2, -0.15) is 0 Å². The highest BCUT2D eigenvalue weighted by Gasteiger charge is 2.26. The van der Waals surface area contributed by atoms with E-state index in [4.69, 9.17) is 10.5 Å². The molecule has 2 rings (SSSR count). The van der Waals surface area contributed by atoms with Crippen LogP contribution in [0.5, 0.6) is 0 Å². The maximum Gasteiger partial charge on any atom is 0.251 e. The van der Waals surface area contributed by atoms with Crippen molar-refractivity contribution in [1.29, 1.82) is 0 Å². The molecule has 1 aromatic carbocycles. The van der Waals surface area contributed by atoms with E-state index in [2.05, 4.69) is 10.6 Å². The van der Waals surface area contributed by atoms with Gasteiger partial charge in [-0.3, -0.25) is 9.59 Å². The zero-order chi connectivity index (χ0) is 17.7. The van der Waals surface area contributed by atoms with Crippen LogP contribution in [0.15, 0.2) is 18.2 Å². The van der Waals surface area contributed by atoms with Crippen LogP contribution in [0.25, 0.3) is 0 Å². The number of amides is 2. The molecule has 0 saturated carbocycles. The van der Waals surface area contributed by atoms with E-state index in [1.54, 1.807) is 12.1 Å². The number of halogens is 1. The van der Waals surface area contributed by atoms with Crippen molar-refractivity contribution in [2.75, 3.05) is 18.5 Å². The summed E-state index contributed by atoms with van der Waals surface area (Å²) in [4.78, 5) is 24.6. The Morgan fingerprint density at radius 1 is 1.24 bits per heavy atom. The molecule has 1 heterocycles. The van der Waals surface area contributed by atoms with Crippen molar-refractivity contribution in [2.45, 2.75) is 45.7 Å². The number of carbonyl (C=O) groups is 2. The third-order valence-electron chi connectivity index (χ3n) is 4.25. The number of nitrogens with two attached hydrogens (primary N) is 1. The number of anilines is 1. The van der Waals surface area contributed by atoms with Crippen LogP contribution in [0.4, 0.5) is 5.69 Å². The van der Waals surface area contributed by atoms with Crippen LogP contribution in [0, 0.1) is 12.8 Å². The zero-order valence-corrected chi connectivity index (χ0v) is 15.8. The molecule has 4 N–H and O–H groups in total. The molecule has 0 spiro atoms. The Hall–Kier alpha value is -1.63. The monoisotopic (exact) mass is 369 g/mol. The summed E-state index contributed by atoms with van der Waals surface area (Å²) < 4.78 is 5.30. The first-order valence-electron chi connectivity index (χ1n) is 8.44. The average Bonchev–Trinajstić information content (AvgIpc) is 2.56. The fourth-order valence-electron chi connectivity index (χ4n) is 2.80. The molecule has 1 aromatic rings. The summed E-state index contributed by atoms with van der Waals surface area (Å²) in [6.45, 7) is 6.98. The van der Waals surface area contributed by atoms with E-state index in [9.17, 15) is 9.59 Å². The van der Waals surface area contributed by atoms with E-state index in [0.717, 1.165) is 18.4 Å². The Labute approximate surface area is 155 Å². The van der Waals surface area contributed by atoms with Crippen molar-refractivity contribution in [3.8, 4) is 0 Å². The lowest BCUT2D eigenvalue weighted by Crippen LogP contribution is -2.44. The van der Waals surface area contributed by atoms with Crippen LogP contribution >= 0.6 is 12.4 Å². The van der Waals surface area contributed by atoms with Gasteiger partial charge in [-0.1, -0.05) is 6.07 Å². The van der Waals surface area contributed by atoms with Crippen LogP contribution in [-0.4, -0.2) is 37.1 Å². The number of aryl methyl sites for hydroxylation is 1. The molecular formula is C18H28ClN3O3. The predicted molar refractivity (Wildman–Crippen MR) is 101 cm³/mol. The van der Waals surface area contributed by atoms with Gasteiger partial charge in [0.1, 0.15) is 0 Å². The number of nitrogens with one attached hydrogen (secondary N) is 2. The summed E-state index contributed by atoms with van der Waals surface area (Å²) in [6, 6.07) is 4.79. The molecule has 1 atom stereocenters. The number of benzene rings is 1. The summed E-state index contributed by atoms with van der Waals surface area (Å²) in [7, 11) is 0. The molecule has 0 aliphatic carbocycles. The van der Waals surface area contributed by atoms with Gasteiger partial charge in [0.25, 0.3) is 5.91 Å². The molecule has 1 aliphatic heterocycles. The minimum absolute atomic E-state index is 0. The fourth-order valence-corrected chi connectivity index (χ4v) is 2.80. The molecule has 0 radical (unpaired) electrons. The lowest BCUT2D eigenvalue weighted by molar-refractivity contribution is -0.119. The Bertz CT molecular complexity index is 601. The van der Waals surface area contributed by atoms with E-state index in [1.807, 2.05) is 26.8 Å². The van der Waals surface area contributed by atoms with Crippen molar-refractivity contribution in [3.63, 3.8) is 0 Å². The van der Waals surface area contributed by atoms with E-state index in [1.165, 1.54) is 0 Å². The SMILES string of the molecule is Cc1ccc(NC(=O)C(N)C2CCOCC2)cc1C(=O)NC(C)C.Cl. The smallest absolute Gasteiger partial charge is 0.251 e. The Kier molecular flexibility index (Phi) is 8.35. The predicted octanol–water partition coefficient (Wildman–Crippen LogP) is 2.25. The van der Waals surface area contributed by atoms with Crippen molar-refractivity contribution in [3.05, 3.63) is 29.3 Å². The minimum atomic E-state index is -0.567. The average molecular weight is 370 g/mol. The van der Waals surface area contributed by atoms with E-state index in [0.29, 0.717) is 24.5 Å². The topological polar surface area (TPSA) is 93.5 Å². The van der Waals surface area contributed by atoms with Crippen molar-refractivity contribution in [2.24, 2.45) is 11.7 Å². The molecule has 0 bridgehead atoms. The van der Waals surface area contributed by atoms with Crippen molar-refractivity contribution in [1.82, 2.24) is 5.32 Å². The van der Waals surface area contributed by atoms with E-state index >= 15 is 0 Å². The number of rotatable bonds is 5. The van der Waals surface area contributed by atoms with E-state index in [-0.39, 0.29) is 36.2 Å². The van der Waals surface area contributed by atoms with Crippen molar-refractivity contribution >= 4 is 29.9 Å². The molecule has 6 nitrogen and oxygen atoms in total. The van der Waals surface area contributed by atoms with Gasteiger partial charge in [0.15, 0.2) is 0 Å². The Morgan fingerprint density at radius 2 is 1.88 bits per heavy atom. The van der Waals surface area contributed by atoms with Gasteiger partial charge in [0.2, 0.25) is 5.91 Å². The lowest BCUT2D eigenvalue weighted by atomic mass is 9.92. The molecule has 7 heteroatoms. The van der Waals surface area contributed by atoms with Gasteiger partial charge < -0.3 is 21.1 Å². The van der Waals surface area contributed by atoms with Crippen molar-refractivity contribution < 1.29 is 14.3 Å². The summed E-state index contributed by atoms with van der Waals surface area (Å²) in [5.41, 5.74) is 8.09. The molecule has 1 fully saturated rings. The standard InChI is InChI=1S/C18H27N3O3.ClH/c1-11(2)20-17(22)15-10-14(5-4-12(15)3)21-18(23)16(19)13-6-8-24-9-7-13;/h4-5,10-11,13,16H,6-9,19H2,1-3H3,(H,20,22)(H,21,23);1H. The number of carbonyl (C=O) groups excluding carboxylic acids is 2. The molecule has 25 heavy (non-hydrogen) atoms. The van der Waals surface area contributed by atoms with Gasteiger partial charge in [0, 0.05) is 30.5 Å². The number of hydrogen-bond donors (Lipinski definition) is 3. The molecule has 140 valence electrons. The highest BCUT2D eigenvalue weighted by atomic mass is 35.5. The normalized spacial score (nSPS) is 16.0. The maximum absolute atomic E-state index is 12.4. The Balaban J connectivity index is 0.00000312. The van der Waals surface area contributed by atoms with Crippen LogP contribution in [0.2, 0.25) is 0 Å². The summed E-state index contributed by atoms with van der Waals surface area (Å²) in [5.74, 6) is -0.235. The van der Waals surface area contributed by atoms with Crippen LogP contribution in [0.1, 0.15) is 42.6 Å². The van der Waals surface area contributed by atoms with Crippen LogP contribution in [-0.2, 0) is 9.53 Å². The zero-order valence-electron chi connectivity index (χ0n) is 15.0. The van der Waals surface area contributed by atoms with Gasteiger partial charge >= 0.3 is 0 Å². The van der Waals surface area contributed by atoms with Gasteiger partial charge in [-0.25, -0.2) is 0 Å². The van der Waals surface area contributed by atoms with Gasteiger partial charge in [-0.05, 0) is 57.2 Å². The third kappa shape index (κ3) is 5.99. The molecule has 1 aliphatic rings. The molecule has 1 unspecified atom stereocenters. The second-order valence-corrected chi connectivity index (χ2v) is 6.62. The van der Waals surface area contributed by atoms with Crippen LogP contribution < -0.4 is 16.4 Å². The summed E-state index contributed by atoms with van der Waals surface area (Å²) in [5, 5.41) is 5.69. The quantitative estimate of drug-likeness (QED) is 0.742. The second-order valence-electron chi connectivity index (χ2n) is 6.62. The van der Waals surface area contributed by atoms with E-state index < -0.39 is 6.04 Å². The first kappa shape index (κ1) is 21.4. The number of ether oxygens (including phenoxy) is 1. The Morgan fingerprint density at radius 3 is 2.48 bits per heavy atom. The molecular weight excluding hydrogens is 342 g/mol. The van der Waals surface area contributed by atoms with Crippen LogP contribution in [0.3, 0.4) is 0 Å². The first-order valence-corrected chi connectivity index (χ1v) is 8.44. The lowest BCUT2D eigenvalue weighted by Gasteiger charge is -2.26. The fraction of sp³-hybridized carbons (Fsp3) is 0.556. The first-order chi connectivity index (χ1) is 11.4. The summed E-state index contributed by atoms with van der Waals surface area (Å²) >= 11 is 0. The minimum Gasteiger partial charge on any atom is -0.381 e. The highest BCUT2D eigenvalue weighted by Crippen LogP contribution is 2.20. The molecule has 0 aromatic heterocycles. The summed E-state index contributed by atoms with van der Waals surface area (Å²) in [6.07, 6.45) is 1.59. The maximum atomic E-state index is 12.4. The van der Waals surface area contributed by atoms with Gasteiger partial charge in [0.05, 0.1) is 6.04 Å². The molecule has 2 amide bonds. The largest absolute Gasteiger partial charge is 0.381 e. The van der Waals surface area contributed by atoms with Gasteiger partial charge in [-0.15, -0.1) is 12.4 Å². The second kappa shape index (κ2) is 9.75. The number of hydrogen-bond acceptors (Lipinski definition) is 4. The third-order valence-corrected chi connectivity index (χ3v) is 4.25.